The van der Waals surface area contributed by atoms with Gasteiger partial charge in [0.2, 0.25) is 0 Å². The Hall–Kier alpha value is -0.740. The maximum Gasteiger partial charge on any atom is 0.00424 e. The van der Waals surface area contributed by atoms with E-state index in [1.54, 1.807) is 0 Å². The van der Waals surface area contributed by atoms with Gasteiger partial charge in [-0.2, -0.15) is 0 Å². The third-order valence-corrected chi connectivity index (χ3v) is 1.95. The van der Waals surface area contributed by atoms with Gasteiger partial charge in [0, 0.05) is 4.88 Å². The average Bonchev–Trinajstić information content (AvgIpc) is 2.58. The van der Waals surface area contributed by atoms with Crippen LogP contribution >= 0.6 is 11.3 Å². The second-order valence-electron chi connectivity index (χ2n) is 3.16. The zero-order valence-electron chi connectivity index (χ0n) is 9.08. The molecule has 1 aromatic rings. The molecule has 0 nitrogen and oxygen atoms in total. The molecule has 1 rings (SSSR count). The topological polar surface area (TPSA) is 0 Å². The number of terminal acetylenes is 1. The van der Waals surface area contributed by atoms with Gasteiger partial charge in [-0.15, -0.1) is 24.2 Å². The Morgan fingerprint density at radius 1 is 1.31 bits per heavy atom. The molecule has 0 aliphatic rings. The van der Waals surface area contributed by atoms with Crippen molar-refractivity contribution in [1.82, 2.24) is 0 Å². The van der Waals surface area contributed by atoms with Gasteiger partial charge in [-0.1, -0.05) is 33.8 Å². The molecule has 0 amide bonds. The van der Waals surface area contributed by atoms with E-state index in [9.17, 15) is 0 Å². The van der Waals surface area contributed by atoms with Crippen LogP contribution in [0.2, 0.25) is 0 Å². The standard InChI is InChI=1S/C6H8S.C4H10.C2H2/c1-2-6-4-3-5-7-6;1-4(2)3;1-2/h3-5H,2H2,1H3;4H,1-3H3;1-2H. The van der Waals surface area contributed by atoms with Crippen molar-refractivity contribution in [3.63, 3.8) is 0 Å². The molecule has 0 fully saturated rings. The van der Waals surface area contributed by atoms with Gasteiger partial charge >= 0.3 is 0 Å². The highest BCUT2D eigenvalue weighted by Crippen LogP contribution is 2.07. The molecule has 0 N–H and O–H groups in total. The molecule has 0 atom stereocenters. The SMILES string of the molecule is C#C.CC(C)C.CCc1cccs1. The van der Waals surface area contributed by atoms with Gasteiger partial charge in [0.25, 0.3) is 0 Å². The van der Waals surface area contributed by atoms with E-state index in [1.807, 2.05) is 11.3 Å². The van der Waals surface area contributed by atoms with E-state index < -0.39 is 0 Å². The lowest BCUT2D eigenvalue weighted by Crippen LogP contribution is -1.66. The predicted molar refractivity (Wildman–Crippen MR) is 64.1 cm³/mol. The van der Waals surface area contributed by atoms with Crippen molar-refractivity contribution in [2.45, 2.75) is 34.1 Å². The summed E-state index contributed by atoms with van der Waals surface area (Å²) >= 11 is 1.82. The first-order valence-electron chi connectivity index (χ1n) is 4.52. The molecule has 13 heavy (non-hydrogen) atoms. The first kappa shape index (κ1) is 14.8. The first-order chi connectivity index (χ1) is 6.16. The van der Waals surface area contributed by atoms with Gasteiger partial charge in [0.15, 0.2) is 0 Å². The lowest BCUT2D eigenvalue weighted by molar-refractivity contribution is 0.737. The summed E-state index contributed by atoms with van der Waals surface area (Å²) in [5.41, 5.74) is 0. The van der Waals surface area contributed by atoms with E-state index >= 15 is 0 Å². The van der Waals surface area contributed by atoms with Gasteiger partial charge in [-0.05, 0) is 23.8 Å². The fourth-order valence-corrected chi connectivity index (χ4v) is 1.17. The van der Waals surface area contributed by atoms with Crippen LogP contribution in [0.3, 0.4) is 0 Å². The van der Waals surface area contributed by atoms with Crippen LogP contribution in [0.1, 0.15) is 32.6 Å². The molecule has 0 radical (unpaired) electrons. The summed E-state index contributed by atoms with van der Waals surface area (Å²) < 4.78 is 0. The fourth-order valence-electron chi connectivity index (χ4n) is 0.514. The number of rotatable bonds is 1. The third-order valence-electron chi connectivity index (χ3n) is 0.929. The number of thiophene rings is 1. The summed E-state index contributed by atoms with van der Waals surface area (Å²) in [4.78, 5) is 1.47. The molecule has 74 valence electrons. The van der Waals surface area contributed by atoms with Gasteiger partial charge in [0.1, 0.15) is 0 Å². The van der Waals surface area contributed by atoms with Crippen LogP contribution in [0.25, 0.3) is 0 Å². The largest absolute Gasteiger partial charge is 0.149 e. The maximum atomic E-state index is 4.00. The molecule has 0 aromatic carbocycles. The van der Waals surface area contributed by atoms with Crippen LogP contribution in [-0.4, -0.2) is 0 Å². The Bertz CT molecular complexity index is 179. The quantitative estimate of drug-likeness (QED) is 0.590. The van der Waals surface area contributed by atoms with Crippen molar-refractivity contribution in [3.8, 4) is 12.8 Å². The van der Waals surface area contributed by atoms with Crippen molar-refractivity contribution >= 4 is 11.3 Å². The van der Waals surface area contributed by atoms with Crippen LogP contribution in [0.4, 0.5) is 0 Å². The third kappa shape index (κ3) is 14.2. The Morgan fingerprint density at radius 3 is 1.92 bits per heavy atom. The predicted octanol–water partition coefficient (Wildman–Crippen LogP) is 4.22. The zero-order chi connectivity index (χ0) is 10.7. The molecule has 1 heteroatoms. The van der Waals surface area contributed by atoms with Crippen molar-refractivity contribution in [3.05, 3.63) is 22.4 Å². The van der Waals surface area contributed by atoms with Crippen LogP contribution in [0.5, 0.6) is 0 Å². The van der Waals surface area contributed by atoms with Crippen LogP contribution < -0.4 is 0 Å². The highest BCUT2D eigenvalue weighted by Gasteiger charge is 1.82. The molecule has 1 heterocycles. The highest BCUT2D eigenvalue weighted by atomic mass is 32.1. The Balaban J connectivity index is 0. The smallest absolute Gasteiger partial charge is 0.00424 e. The number of hydrogen-bond donors (Lipinski definition) is 0. The Morgan fingerprint density at radius 2 is 1.77 bits per heavy atom. The van der Waals surface area contributed by atoms with Gasteiger partial charge in [-0.25, -0.2) is 0 Å². The fraction of sp³-hybridized carbons (Fsp3) is 0.500. The molecule has 0 aliphatic heterocycles. The van der Waals surface area contributed by atoms with Gasteiger partial charge in [-0.3, -0.25) is 0 Å². The van der Waals surface area contributed by atoms with Crippen LogP contribution in [-0.2, 0) is 6.42 Å². The first-order valence-corrected chi connectivity index (χ1v) is 5.40. The molecule has 1 aromatic heterocycles. The van der Waals surface area contributed by atoms with E-state index in [-0.39, 0.29) is 0 Å². The average molecular weight is 196 g/mol. The van der Waals surface area contributed by atoms with Gasteiger partial charge < -0.3 is 0 Å². The van der Waals surface area contributed by atoms with E-state index in [1.165, 1.54) is 11.3 Å². The Kier molecular flexibility index (Phi) is 12.8. The molecule has 0 saturated heterocycles. The van der Waals surface area contributed by atoms with Crippen molar-refractivity contribution in [1.29, 1.82) is 0 Å². The molecular formula is C12H20S. The zero-order valence-corrected chi connectivity index (χ0v) is 9.90. The second-order valence-corrected chi connectivity index (χ2v) is 4.20. The minimum atomic E-state index is 0.833. The summed E-state index contributed by atoms with van der Waals surface area (Å²) in [6.07, 6.45) is 9.18. The van der Waals surface area contributed by atoms with E-state index in [4.69, 9.17) is 0 Å². The minimum Gasteiger partial charge on any atom is -0.149 e. The van der Waals surface area contributed by atoms with Crippen molar-refractivity contribution in [2.75, 3.05) is 0 Å². The lowest BCUT2D eigenvalue weighted by atomic mass is 10.3. The molecule has 0 saturated carbocycles. The van der Waals surface area contributed by atoms with Crippen molar-refractivity contribution in [2.24, 2.45) is 5.92 Å². The summed E-state index contributed by atoms with van der Waals surface area (Å²) in [7, 11) is 0. The normalized spacial score (nSPS) is 7.92. The molecule has 0 spiro atoms. The summed E-state index contributed by atoms with van der Waals surface area (Å²) in [5.74, 6) is 0.833. The van der Waals surface area contributed by atoms with Crippen LogP contribution in [0, 0.1) is 18.8 Å². The number of aryl methyl sites for hydroxylation is 1. The summed E-state index contributed by atoms with van der Waals surface area (Å²) in [6.45, 7) is 8.67. The summed E-state index contributed by atoms with van der Waals surface area (Å²) in [5, 5.41) is 2.11. The van der Waals surface area contributed by atoms with Crippen molar-refractivity contribution < 1.29 is 0 Å². The lowest BCUT2D eigenvalue weighted by Gasteiger charge is -1.79. The molecular weight excluding hydrogens is 176 g/mol. The Labute approximate surface area is 87.0 Å². The van der Waals surface area contributed by atoms with E-state index in [2.05, 4.69) is 58.1 Å². The molecule has 0 bridgehead atoms. The highest BCUT2D eigenvalue weighted by molar-refractivity contribution is 7.09. The monoisotopic (exact) mass is 196 g/mol. The van der Waals surface area contributed by atoms with E-state index in [0.717, 1.165) is 5.92 Å². The van der Waals surface area contributed by atoms with E-state index in [0.29, 0.717) is 0 Å². The summed E-state index contributed by atoms with van der Waals surface area (Å²) in [6, 6.07) is 4.24. The molecule has 0 aliphatic carbocycles. The second kappa shape index (κ2) is 11.3. The van der Waals surface area contributed by atoms with Gasteiger partial charge in [0.05, 0.1) is 0 Å². The molecule has 0 unspecified atom stereocenters. The maximum absolute atomic E-state index is 4.00. The number of hydrogen-bond acceptors (Lipinski definition) is 1. The minimum absolute atomic E-state index is 0.833. The van der Waals surface area contributed by atoms with Crippen LogP contribution in [0.15, 0.2) is 17.5 Å².